The van der Waals surface area contributed by atoms with Crippen LogP contribution in [0.4, 0.5) is 11.4 Å². The number of para-hydroxylation sites is 2. The molecule has 2 N–H and O–H groups in total. The molecule has 9 heteroatoms. The van der Waals surface area contributed by atoms with Crippen molar-refractivity contribution in [1.82, 2.24) is 5.32 Å². The average Bonchev–Trinajstić information content (AvgIpc) is 3.22. The van der Waals surface area contributed by atoms with Crippen molar-refractivity contribution in [2.75, 3.05) is 16.8 Å². The van der Waals surface area contributed by atoms with Crippen LogP contribution in [0.1, 0.15) is 37.7 Å². The highest BCUT2D eigenvalue weighted by molar-refractivity contribution is 6.05. The standard InChI is InChI=1S/C22H25N3O6/c1-13(2)20(24-21(28)17-9-6-10-30-17)22(29)31-12-19(27)25-14(3)11-18(26)23-15-7-4-5-8-16(15)25/h4-10,13-14,20H,11-12H2,1-3H3,(H,23,26)(H,24,28)/t14?,20-/m0/s1. The maximum Gasteiger partial charge on any atom is 0.329 e. The molecule has 0 saturated carbocycles. The van der Waals surface area contributed by atoms with Gasteiger partial charge in [-0.15, -0.1) is 0 Å². The molecule has 0 spiro atoms. The Labute approximate surface area is 179 Å². The van der Waals surface area contributed by atoms with E-state index >= 15 is 0 Å². The minimum atomic E-state index is -0.956. The lowest BCUT2D eigenvalue weighted by atomic mass is 10.0. The van der Waals surface area contributed by atoms with Crippen molar-refractivity contribution in [3.05, 3.63) is 48.4 Å². The molecule has 31 heavy (non-hydrogen) atoms. The van der Waals surface area contributed by atoms with Gasteiger partial charge in [-0.25, -0.2) is 4.79 Å². The number of carbonyl (C=O) groups is 4. The number of furan rings is 1. The SMILES string of the molecule is CC(C)[C@H](NC(=O)c1ccco1)C(=O)OCC(=O)N1c2ccccc2NC(=O)CC1C. The molecule has 1 aromatic heterocycles. The molecule has 3 amide bonds. The fourth-order valence-corrected chi connectivity index (χ4v) is 3.38. The predicted molar refractivity (Wildman–Crippen MR) is 112 cm³/mol. The summed E-state index contributed by atoms with van der Waals surface area (Å²) in [6, 6.07) is 8.61. The fraction of sp³-hybridized carbons (Fsp3) is 0.364. The Morgan fingerprint density at radius 1 is 1.23 bits per heavy atom. The second kappa shape index (κ2) is 9.46. The molecule has 2 heterocycles. The Hall–Kier alpha value is -3.62. The van der Waals surface area contributed by atoms with Crippen molar-refractivity contribution in [2.45, 2.75) is 39.3 Å². The summed E-state index contributed by atoms with van der Waals surface area (Å²) in [7, 11) is 0. The number of nitrogens with one attached hydrogen (secondary N) is 2. The van der Waals surface area contributed by atoms with Gasteiger partial charge in [-0.05, 0) is 37.1 Å². The van der Waals surface area contributed by atoms with E-state index in [1.54, 1.807) is 51.1 Å². The number of hydrogen-bond acceptors (Lipinski definition) is 6. The summed E-state index contributed by atoms with van der Waals surface area (Å²) in [5.74, 6) is -2.15. The van der Waals surface area contributed by atoms with Crippen molar-refractivity contribution >= 4 is 35.1 Å². The Morgan fingerprint density at radius 2 is 1.97 bits per heavy atom. The highest BCUT2D eigenvalue weighted by atomic mass is 16.5. The normalized spacial score (nSPS) is 16.7. The summed E-state index contributed by atoms with van der Waals surface area (Å²) in [4.78, 5) is 51.3. The maximum absolute atomic E-state index is 12.9. The molecule has 1 aromatic carbocycles. The number of hydrogen-bond donors (Lipinski definition) is 2. The van der Waals surface area contributed by atoms with Crippen LogP contribution < -0.4 is 15.5 Å². The summed E-state index contributed by atoms with van der Waals surface area (Å²) in [6.07, 6.45) is 1.47. The van der Waals surface area contributed by atoms with E-state index < -0.39 is 36.5 Å². The fourth-order valence-electron chi connectivity index (χ4n) is 3.38. The average molecular weight is 427 g/mol. The minimum absolute atomic E-state index is 0.0710. The van der Waals surface area contributed by atoms with E-state index in [-0.39, 0.29) is 24.0 Å². The number of nitrogens with zero attached hydrogens (tertiary/aromatic N) is 1. The molecule has 1 aliphatic rings. The second-order valence-corrected chi connectivity index (χ2v) is 7.66. The summed E-state index contributed by atoms with van der Waals surface area (Å²) >= 11 is 0. The van der Waals surface area contributed by atoms with Crippen molar-refractivity contribution in [3.63, 3.8) is 0 Å². The van der Waals surface area contributed by atoms with Crippen molar-refractivity contribution in [3.8, 4) is 0 Å². The first-order valence-electron chi connectivity index (χ1n) is 10.00. The number of benzene rings is 1. The maximum atomic E-state index is 12.9. The van der Waals surface area contributed by atoms with E-state index in [9.17, 15) is 19.2 Å². The summed E-state index contributed by atoms with van der Waals surface area (Å²) in [5, 5.41) is 5.35. The molecule has 0 fully saturated rings. The Balaban J connectivity index is 1.69. The molecule has 164 valence electrons. The lowest BCUT2D eigenvalue weighted by Crippen LogP contribution is -2.47. The molecule has 0 saturated heterocycles. The number of carbonyl (C=O) groups excluding carboxylic acids is 4. The molecule has 9 nitrogen and oxygen atoms in total. The number of rotatable bonds is 6. The Morgan fingerprint density at radius 3 is 2.65 bits per heavy atom. The van der Waals surface area contributed by atoms with Crippen LogP contribution in [0.2, 0.25) is 0 Å². The van der Waals surface area contributed by atoms with Gasteiger partial charge in [0.2, 0.25) is 5.91 Å². The first-order valence-corrected chi connectivity index (χ1v) is 10.00. The van der Waals surface area contributed by atoms with Crippen molar-refractivity contribution in [1.29, 1.82) is 0 Å². The van der Waals surface area contributed by atoms with Gasteiger partial charge >= 0.3 is 5.97 Å². The van der Waals surface area contributed by atoms with Gasteiger partial charge in [0.25, 0.3) is 11.8 Å². The van der Waals surface area contributed by atoms with Gasteiger partial charge < -0.3 is 24.7 Å². The van der Waals surface area contributed by atoms with Gasteiger partial charge in [-0.1, -0.05) is 26.0 Å². The minimum Gasteiger partial charge on any atom is -0.459 e. The topological polar surface area (TPSA) is 118 Å². The number of esters is 1. The van der Waals surface area contributed by atoms with E-state index in [0.717, 1.165) is 0 Å². The monoisotopic (exact) mass is 427 g/mol. The van der Waals surface area contributed by atoms with Gasteiger partial charge in [0.1, 0.15) is 6.04 Å². The third-order valence-corrected chi connectivity index (χ3v) is 4.92. The smallest absolute Gasteiger partial charge is 0.329 e. The Bertz CT molecular complexity index is 969. The Kier molecular flexibility index (Phi) is 6.74. The first kappa shape index (κ1) is 22.1. The van der Waals surface area contributed by atoms with Crippen LogP contribution in [0.15, 0.2) is 47.1 Å². The lowest BCUT2D eigenvalue weighted by molar-refractivity contribution is -0.150. The van der Waals surface area contributed by atoms with E-state index in [2.05, 4.69) is 10.6 Å². The summed E-state index contributed by atoms with van der Waals surface area (Å²) in [5.41, 5.74) is 1.05. The molecular weight excluding hydrogens is 402 g/mol. The second-order valence-electron chi connectivity index (χ2n) is 7.66. The van der Waals surface area contributed by atoms with Gasteiger partial charge in [0.15, 0.2) is 12.4 Å². The predicted octanol–water partition coefficient (Wildman–Crippen LogP) is 2.34. The third kappa shape index (κ3) is 5.11. The molecular formula is C22H25N3O6. The van der Waals surface area contributed by atoms with Crippen LogP contribution in [0, 0.1) is 5.92 Å². The van der Waals surface area contributed by atoms with Crippen LogP contribution in [0.5, 0.6) is 0 Å². The van der Waals surface area contributed by atoms with Crippen LogP contribution in [0.25, 0.3) is 0 Å². The molecule has 2 atom stereocenters. The van der Waals surface area contributed by atoms with Gasteiger partial charge in [-0.2, -0.15) is 0 Å². The molecule has 0 aliphatic carbocycles. The molecule has 2 aromatic rings. The van der Waals surface area contributed by atoms with Crippen LogP contribution in [-0.2, 0) is 19.1 Å². The third-order valence-electron chi connectivity index (χ3n) is 4.92. The number of ether oxygens (including phenoxy) is 1. The molecule has 0 radical (unpaired) electrons. The zero-order valence-corrected chi connectivity index (χ0v) is 17.6. The summed E-state index contributed by atoms with van der Waals surface area (Å²) < 4.78 is 10.3. The van der Waals surface area contributed by atoms with E-state index in [4.69, 9.17) is 9.15 Å². The summed E-state index contributed by atoms with van der Waals surface area (Å²) in [6.45, 7) is 4.73. The molecule has 0 bridgehead atoms. The van der Waals surface area contributed by atoms with Crippen LogP contribution >= 0.6 is 0 Å². The van der Waals surface area contributed by atoms with E-state index in [0.29, 0.717) is 11.4 Å². The highest BCUT2D eigenvalue weighted by Gasteiger charge is 2.32. The van der Waals surface area contributed by atoms with E-state index in [1.807, 2.05) is 0 Å². The first-order chi connectivity index (χ1) is 14.8. The van der Waals surface area contributed by atoms with Crippen LogP contribution in [0.3, 0.4) is 0 Å². The largest absolute Gasteiger partial charge is 0.459 e. The van der Waals surface area contributed by atoms with E-state index in [1.165, 1.54) is 17.2 Å². The molecule has 3 rings (SSSR count). The highest BCUT2D eigenvalue weighted by Crippen LogP contribution is 2.31. The number of amides is 3. The van der Waals surface area contributed by atoms with Crippen molar-refractivity contribution in [2.24, 2.45) is 5.92 Å². The molecule has 1 unspecified atom stereocenters. The molecule has 1 aliphatic heterocycles. The van der Waals surface area contributed by atoms with Gasteiger partial charge in [0.05, 0.1) is 17.6 Å². The zero-order chi connectivity index (χ0) is 22.5. The van der Waals surface area contributed by atoms with Crippen molar-refractivity contribution < 1.29 is 28.3 Å². The zero-order valence-electron chi connectivity index (χ0n) is 17.6. The lowest BCUT2D eigenvalue weighted by Gasteiger charge is -2.28. The van der Waals surface area contributed by atoms with Gasteiger partial charge in [0, 0.05) is 12.5 Å². The quantitative estimate of drug-likeness (QED) is 0.683. The number of fused-ring (bicyclic) bond motifs is 1. The van der Waals surface area contributed by atoms with Crippen LogP contribution in [-0.4, -0.2) is 42.4 Å². The van der Waals surface area contributed by atoms with Gasteiger partial charge in [-0.3, -0.25) is 14.4 Å². The number of anilines is 2.